The zero-order valence-electron chi connectivity index (χ0n) is 20.2. The quantitative estimate of drug-likeness (QED) is 0.218. The molecule has 0 saturated carbocycles. The molecule has 3 aromatic carbocycles. The van der Waals surface area contributed by atoms with E-state index in [4.69, 9.17) is 0 Å². The number of H-pyrrole nitrogens is 1. The van der Waals surface area contributed by atoms with Crippen molar-refractivity contribution < 1.29 is 9.90 Å². The largest absolute Gasteiger partial charge is 0.493 e. The topological polar surface area (TPSA) is 86.0 Å². The van der Waals surface area contributed by atoms with Gasteiger partial charge in [0.15, 0.2) is 5.69 Å². The second-order valence-electron chi connectivity index (χ2n) is 9.37. The van der Waals surface area contributed by atoms with Crippen molar-refractivity contribution in [1.82, 2.24) is 14.5 Å². The zero-order valence-corrected chi connectivity index (χ0v) is 21.8. The van der Waals surface area contributed by atoms with E-state index in [1.165, 1.54) is 6.42 Å². The van der Waals surface area contributed by atoms with E-state index in [1.54, 1.807) is 0 Å². The number of carbonyl (C=O) groups is 1. The van der Waals surface area contributed by atoms with Crippen LogP contribution in [-0.4, -0.2) is 38.6 Å². The molecule has 0 unspecified atom stereocenters. The van der Waals surface area contributed by atoms with Gasteiger partial charge in [0, 0.05) is 26.3 Å². The van der Waals surface area contributed by atoms with E-state index in [2.05, 4.69) is 36.0 Å². The normalized spacial score (nSPS) is 14.7. The Balaban J connectivity index is 1.40. The number of piperidine rings is 1. The van der Waals surface area contributed by atoms with Crippen LogP contribution in [0.4, 0.5) is 5.69 Å². The number of benzene rings is 3. The number of hydrogen-bond donors (Lipinski definition) is 2. The van der Waals surface area contributed by atoms with Gasteiger partial charge in [-0.3, -0.25) is 14.3 Å². The summed E-state index contributed by atoms with van der Waals surface area (Å²) in [6, 6.07) is 23.3. The van der Waals surface area contributed by atoms with Crippen LogP contribution in [0.15, 0.2) is 87.5 Å². The average Bonchev–Trinajstić information content (AvgIpc) is 3.43. The van der Waals surface area contributed by atoms with Gasteiger partial charge in [0.1, 0.15) is 5.69 Å². The molecule has 37 heavy (non-hydrogen) atoms. The Bertz CT molecular complexity index is 1630. The third-order valence-corrected chi connectivity index (χ3v) is 7.48. The number of aromatic hydroxyl groups is 1. The lowest BCUT2D eigenvalue weighted by molar-refractivity contribution is 0.0991. The van der Waals surface area contributed by atoms with Crippen LogP contribution in [0, 0.1) is 0 Å². The Morgan fingerprint density at radius 1 is 0.946 bits per heavy atom. The van der Waals surface area contributed by atoms with Gasteiger partial charge in [-0.25, -0.2) is 0 Å². The van der Waals surface area contributed by atoms with Crippen LogP contribution < -0.4 is 0 Å². The monoisotopic (exact) mass is 555 g/mol. The maximum Gasteiger partial charge on any atom is 0.312 e. The van der Waals surface area contributed by atoms with Crippen LogP contribution >= 0.6 is 15.9 Å². The van der Waals surface area contributed by atoms with Crippen molar-refractivity contribution in [3.05, 3.63) is 83.0 Å². The molecule has 0 aliphatic carbocycles. The molecule has 1 amide bonds. The van der Waals surface area contributed by atoms with Crippen molar-refractivity contribution >= 4 is 49.3 Å². The number of amides is 1. The van der Waals surface area contributed by atoms with Gasteiger partial charge in [-0.05, 0) is 55.8 Å². The SMILES string of the molecule is O=C(N=Nc1c(O)n(CN2CCCCC2)c2ccccc12)c1[nH]c2ccc(Br)cc2c1-c1ccccc1. The minimum absolute atomic E-state index is 0.0205. The number of azo groups is 1. The number of rotatable bonds is 5. The van der Waals surface area contributed by atoms with E-state index in [0.29, 0.717) is 18.1 Å². The first-order chi connectivity index (χ1) is 18.1. The Morgan fingerprint density at radius 3 is 2.51 bits per heavy atom. The standard InChI is InChI=1S/C29H26BrN5O2/c30-20-13-14-23-22(17-20)25(19-9-3-1-4-10-19)27(31-23)28(36)33-32-26-21-11-5-6-12-24(21)35(29(26)37)18-34-15-7-2-8-16-34/h1,3-6,9-14,17,31,37H,2,7-8,15-16,18H2. The van der Waals surface area contributed by atoms with Gasteiger partial charge in [-0.15, -0.1) is 10.2 Å². The fourth-order valence-electron chi connectivity index (χ4n) is 5.19. The molecule has 186 valence electrons. The van der Waals surface area contributed by atoms with Crippen LogP contribution in [0.25, 0.3) is 32.9 Å². The van der Waals surface area contributed by atoms with Crippen molar-refractivity contribution in [2.24, 2.45) is 10.2 Å². The van der Waals surface area contributed by atoms with Gasteiger partial charge in [0.05, 0.1) is 12.2 Å². The van der Waals surface area contributed by atoms with E-state index in [1.807, 2.05) is 77.4 Å². The van der Waals surface area contributed by atoms with Crippen molar-refractivity contribution in [2.75, 3.05) is 13.1 Å². The summed E-state index contributed by atoms with van der Waals surface area (Å²) in [6.45, 7) is 2.57. The fraction of sp³-hybridized carbons (Fsp3) is 0.207. The first-order valence-corrected chi connectivity index (χ1v) is 13.2. The molecule has 0 atom stereocenters. The molecule has 1 fully saturated rings. The van der Waals surface area contributed by atoms with Gasteiger partial charge < -0.3 is 10.1 Å². The molecule has 1 aliphatic rings. The van der Waals surface area contributed by atoms with Gasteiger partial charge in [0.2, 0.25) is 5.88 Å². The van der Waals surface area contributed by atoms with Crippen molar-refractivity contribution in [3.8, 4) is 17.0 Å². The second kappa shape index (κ2) is 9.95. The Hall–Kier alpha value is -3.75. The van der Waals surface area contributed by atoms with Gasteiger partial charge >= 0.3 is 5.91 Å². The van der Waals surface area contributed by atoms with Crippen molar-refractivity contribution in [2.45, 2.75) is 25.9 Å². The van der Waals surface area contributed by atoms with E-state index in [9.17, 15) is 9.90 Å². The molecule has 2 N–H and O–H groups in total. The summed E-state index contributed by atoms with van der Waals surface area (Å²) in [5.41, 5.74) is 4.05. The second-order valence-corrected chi connectivity index (χ2v) is 10.3. The zero-order chi connectivity index (χ0) is 25.4. The first kappa shape index (κ1) is 23.6. The first-order valence-electron chi connectivity index (χ1n) is 12.5. The van der Waals surface area contributed by atoms with Gasteiger partial charge in [0.25, 0.3) is 0 Å². The maximum absolute atomic E-state index is 13.4. The molecule has 8 heteroatoms. The highest BCUT2D eigenvalue weighted by Gasteiger charge is 2.22. The molecule has 0 spiro atoms. The minimum Gasteiger partial charge on any atom is -0.493 e. The molecule has 0 bridgehead atoms. The molecule has 2 aromatic heterocycles. The predicted molar refractivity (Wildman–Crippen MR) is 149 cm³/mol. The summed E-state index contributed by atoms with van der Waals surface area (Å²) >= 11 is 3.54. The molecule has 0 radical (unpaired) electrons. The molecular formula is C29H26BrN5O2. The van der Waals surface area contributed by atoms with Crippen LogP contribution in [0.5, 0.6) is 5.88 Å². The Morgan fingerprint density at radius 2 is 1.70 bits per heavy atom. The highest BCUT2D eigenvalue weighted by atomic mass is 79.9. The highest BCUT2D eigenvalue weighted by Crippen LogP contribution is 2.40. The smallest absolute Gasteiger partial charge is 0.312 e. The van der Waals surface area contributed by atoms with E-state index >= 15 is 0 Å². The number of fused-ring (bicyclic) bond motifs is 2. The highest BCUT2D eigenvalue weighted by molar-refractivity contribution is 9.10. The Labute approximate surface area is 222 Å². The lowest BCUT2D eigenvalue weighted by Gasteiger charge is -2.27. The number of nitrogens with zero attached hydrogens (tertiary/aromatic N) is 4. The summed E-state index contributed by atoms with van der Waals surface area (Å²) in [5, 5.41) is 21.2. The predicted octanol–water partition coefficient (Wildman–Crippen LogP) is 7.63. The third-order valence-electron chi connectivity index (χ3n) is 6.99. The van der Waals surface area contributed by atoms with Crippen LogP contribution in [0.2, 0.25) is 0 Å². The maximum atomic E-state index is 13.4. The van der Waals surface area contributed by atoms with Crippen molar-refractivity contribution in [1.29, 1.82) is 0 Å². The average molecular weight is 556 g/mol. The number of carbonyl (C=O) groups excluding carboxylic acids is 1. The van der Waals surface area contributed by atoms with E-state index in [0.717, 1.165) is 63.3 Å². The molecule has 7 nitrogen and oxygen atoms in total. The number of nitrogens with one attached hydrogen (secondary N) is 1. The number of halogens is 1. The fourth-order valence-corrected chi connectivity index (χ4v) is 5.55. The molecule has 1 saturated heterocycles. The van der Waals surface area contributed by atoms with Crippen LogP contribution in [0.3, 0.4) is 0 Å². The summed E-state index contributed by atoms with van der Waals surface area (Å²) in [7, 11) is 0. The summed E-state index contributed by atoms with van der Waals surface area (Å²) in [4.78, 5) is 19.0. The van der Waals surface area contributed by atoms with Crippen LogP contribution in [-0.2, 0) is 6.67 Å². The molecule has 1 aliphatic heterocycles. The van der Waals surface area contributed by atoms with Crippen LogP contribution in [0.1, 0.15) is 29.8 Å². The number of aromatic nitrogens is 2. The van der Waals surface area contributed by atoms with Crippen molar-refractivity contribution in [3.63, 3.8) is 0 Å². The summed E-state index contributed by atoms with van der Waals surface area (Å²) in [6.07, 6.45) is 3.56. The lowest BCUT2D eigenvalue weighted by atomic mass is 10.0. The number of para-hydroxylation sites is 1. The summed E-state index contributed by atoms with van der Waals surface area (Å²) < 4.78 is 2.78. The minimum atomic E-state index is -0.501. The summed E-state index contributed by atoms with van der Waals surface area (Å²) in [5.74, 6) is -0.481. The van der Waals surface area contributed by atoms with Gasteiger partial charge in [-0.1, -0.05) is 70.9 Å². The lowest BCUT2D eigenvalue weighted by Crippen LogP contribution is -2.31. The number of aromatic amines is 1. The molecule has 3 heterocycles. The Kier molecular flexibility index (Phi) is 6.36. The third kappa shape index (κ3) is 4.47. The van der Waals surface area contributed by atoms with Gasteiger partial charge in [-0.2, -0.15) is 0 Å². The molecule has 5 aromatic rings. The van der Waals surface area contributed by atoms with E-state index < -0.39 is 5.91 Å². The molecular weight excluding hydrogens is 530 g/mol. The number of hydrogen-bond acceptors (Lipinski definition) is 4. The molecule has 6 rings (SSSR count). The van der Waals surface area contributed by atoms with E-state index in [-0.39, 0.29) is 5.88 Å². The number of likely N-dealkylation sites (tertiary alicyclic amines) is 1.